The second kappa shape index (κ2) is 2.70. The predicted octanol–water partition coefficient (Wildman–Crippen LogP) is 4.42. The molecule has 0 saturated heterocycles. The molecule has 0 nitrogen and oxygen atoms in total. The van der Waals surface area contributed by atoms with Crippen LogP contribution in [0.25, 0.3) is 0 Å². The smallest absolute Gasteiger partial charge is 0.0139 e. The fraction of sp³-hybridized carbons (Fsp3) is 0.867. The van der Waals surface area contributed by atoms with Crippen molar-refractivity contribution in [2.75, 3.05) is 0 Å². The Morgan fingerprint density at radius 2 is 1.93 bits per heavy atom. The van der Waals surface area contributed by atoms with E-state index in [1.54, 1.807) is 5.57 Å². The molecule has 0 aromatic rings. The quantitative estimate of drug-likeness (QED) is 0.513. The van der Waals surface area contributed by atoms with Crippen LogP contribution in [0, 0.1) is 28.6 Å². The van der Waals surface area contributed by atoms with Crippen molar-refractivity contribution in [2.24, 2.45) is 28.6 Å². The normalized spacial score (nSPS) is 51.9. The molecule has 0 heteroatoms. The van der Waals surface area contributed by atoms with E-state index in [9.17, 15) is 0 Å². The third kappa shape index (κ3) is 1.14. The highest BCUT2D eigenvalue weighted by atomic mass is 14.7. The molecule has 0 radical (unpaired) electrons. The van der Waals surface area contributed by atoms with Crippen molar-refractivity contribution in [1.29, 1.82) is 0 Å². The molecule has 15 heavy (non-hydrogen) atoms. The summed E-state index contributed by atoms with van der Waals surface area (Å²) in [6.45, 7) is 11.9. The van der Waals surface area contributed by atoms with Crippen LogP contribution in [0.4, 0.5) is 0 Å². The Bertz CT molecular complexity index is 312. The van der Waals surface area contributed by atoms with E-state index < -0.39 is 0 Å². The lowest BCUT2D eigenvalue weighted by molar-refractivity contribution is 0.146. The molecule has 0 aliphatic heterocycles. The molecule has 0 heterocycles. The third-order valence-electron chi connectivity index (χ3n) is 5.84. The zero-order chi connectivity index (χ0) is 10.8. The molecule has 4 atom stereocenters. The first-order valence-electron chi connectivity index (χ1n) is 6.62. The summed E-state index contributed by atoms with van der Waals surface area (Å²) in [4.78, 5) is 0. The van der Waals surface area contributed by atoms with E-state index in [1.165, 1.54) is 32.1 Å². The lowest BCUT2D eigenvalue weighted by Crippen LogP contribution is -2.30. The molecule has 0 aromatic carbocycles. The van der Waals surface area contributed by atoms with Crippen molar-refractivity contribution in [2.45, 2.75) is 52.9 Å². The average Bonchev–Trinajstić information content (AvgIpc) is 2.67. The number of hydrogen-bond donors (Lipinski definition) is 0. The minimum Gasteiger partial charge on any atom is -0.0996 e. The highest BCUT2D eigenvalue weighted by Gasteiger charge is 2.61. The minimum atomic E-state index is 0.571. The van der Waals surface area contributed by atoms with Crippen molar-refractivity contribution in [3.05, 3.63) is 12.2 Å². The highest BCUT2D eigenvalue weighted by Crippen LogP contribution is 2.69. The van der Waals surface area contributed by atoms with Gasteiger partial charge in [0.25, 0.3) is 0 Å². The summed E-state index contributed by atoms with van der Waals surface area (Å²) >= 11 is 0. The van der Waals surface area contributed by atoms with Crippen molar-refractivity contribution < 1.29 is 0 Å². The molecular weight excluding hydrogens is 180 g/mol. The zero-order valence-electron chi connectivity index (χ0n) is 10.5. The van der Waals surface area contributed by atoms with E-state index in [0.29, 0.717) is 10.8 Å². The van der Waals surface area contributed by atoms with Crippen molar-refractivity contribution in [3.63, 3.8) is 0 Å². The molecule has 3 aliphatic carbocycles. The van der Waals surface area contributed by atoms with Gasteiger partial charge in [0.2, 0.25) is 0 Å². The van der Waals surface area contributed by atoms with E-state index in [2.05, 4.69) is 27.4 Å². The van der Waals surface area contributed by atoms with Gasteiger partial charge in [-0.25, -0.2) is 0 Å². The van der Waals surface area contributed by atoms with Crippen LogP contribution in [0.2, 0.25) is 0 Å². The van der Waals surface area contributed by atoms with E-state index in [0.717, 1.165) is 17.8 Å². The van der Waals surface area contributed by atoms with Crippen molar-refractivity contribution in [3.8, 4) is 0 Å². The molecule has 84 valence electrons. The predicted molar refractivity (Wildman–Crippen MR) is 64.6 cm³/mol. The summed E-state index contributed by atoms with van der Waals surface area (Å²) in [6, 6.07) is 0. The Hall–Kier alpha value is -0.260. The fourth-order valence-corrected chi connectivity index (χ4v) is 5.40. The van der Waals surface area contributed by atoms with Crippen LogP contribution in [0.15, 0.2) is 12.2 Å². The molecule has 0 aromatic heterocycles. The lowest BCUT2D eigenvalue weighted by atomic mass is 9.68. The lowest BCUT2D eigenvalue weighted by Gasteiger charge is -2.36. The molecule has 0 amide bonds. The maximum atomic E-state index is 4.35. The van der Waals surface area contributed by atoms with Crippen LogP contribution in [0.5, 0.6) is 0 Å². The second-order valence-corrected chi connectivity index (χ2v) is 7.31. The minimum absolute atomic E-state index is 0.571. The Morgan fingerprint density at radius 3 is 2.67 bits per heavy atom. The summed E-state index contributed by atoms with van der Waals surface area (Å²) in [5, 5.41) is 0. The van der Waals surface area contributed by atoms with Gasteiger partial charge in [0.1, 0.15) is 0 Å². The highest BCUT2D eigenvalue weighted by molar-refractivity contribution is 5.21. The molecule has 3 rings (SSSR count). The maximum Gasteiger partial charge on any atom is -0.0139 e. The van der Waals surface area contributed by atoms with Crippen LogP contribution in [0.1, 0.15) is 52.9 Å². The average molecular weight is 204 g/mol. The topological polar surface area (TPSA) is 0 Å². The maximum absolute atomic E-state index is 4.35. The molecule has 0 spiro atoms. The largest absolute Gasteiger partial charge is 0.0996 e. The third-order valence-corrected chi connectivity index (χ3v) is 5.84. The van der Waals surface area contributed by atoms with Gasteiger partial charge >= 0.3 is 0 Å². The standard InChI is InChI=1S/C15H24/c1-10-5-6-11-9-15(4)8-7-14(2,3)13(15)12(10)11/h11-13H,1,5-9H2,2-4H3/t11-,12-,13?,15-/m0/s1. The van der Waals surface area contributed by atoms with Gasteiger partial charge < -0.3 is 0 Å². The monoisotopic (exact) mass is 204 g/mol. The Labute approximate surface area is 94.1 Å². The Kier molecular flexibility index (Phi) is 1.79. The molecule has 3 fully saturated rings. The van der Waals surface area contributed by atoms with E-state index >= 15 is 0 Å². The van der Waals surface area contributed by atoms with Crippen LogP contribution >= 0.6 is 0 Å². The molecule has 1 unspecified atom stereocenters. The van der Waals surface area contributed by atoms with Crippen molar-refractivity contribution >= 4 is 0 Å². The molecule has 3 aliphatic rings. The zero-order valence-corrected chi connectivity index (χ0v) is 10.5. The summed E-state index contributed by atoms with van der Waals surface area (Å²) in [6.07, 6.45) is 7.14. The number of allylic oxidation sites excluding steroid dienone is 1. The van der Waals surface area contributed by atoms with E-state index in [4.69, 9.17) is 0 Å². The van der Waals surface area contributed by atoms with Gasteiger partial charge in [0.05, 0.1) is 0 Å². The number of hydrogen-bond acceptors (Lipinski definition) is 0. The molecule has 0 N–H and O–H groups in total. The van der Waals surface area contributed by atoms with Gasteiger partial charge in [-0.05, 0) is 60.7 Å². The van der Waals surface area contributed by atoms with Crippen LogP contribution in [-0.4, -0.2) is 0 Å². The molecular formula is C15H24. The van der Waals surface area contributed by atoms with Gasteiger partial charge in [0.15, 0.2) is 0 Å². The van der Waals surface area contributed by atoms with Gasteiger partial charge in [-0.15, -0.1) is 0 Å². The van der Waals surface area contributed by atoms with Crippen LogP contribution < -0.4 is 0 Å². The van der Waals surface area contributed by atoms with Gasteiger partial charge in [0, 0.05) is 0 Å². The SMILES string of the molecule is C=C1CC[C@H]2C[C@]3(C)CCC(C)(C)C3[C@@H]12. The first kappa shape index (κ1) is 9.93. The van der Waals surface area contributed by atoms with Gasteiger partial charge in [-0.1, -0.05) is 32.9 Å². The first-order valence-corrected chi connectivity index (χ1v) is 6.62. The summed E-state index contributed by atoms with van der Waals surface area (Å²) in [7, 11) is 0. The van der Waals surface area contributed by atoms with Crippen LogP contribution in [0.3, 0.4) is 0 Å². The summed E-state index contributed by atoms with van der Waals surface area (Å²) in [5.74, 6) is 2.81. The van der Waals surface area contributed by atoms with E-state index in [-0.39, 0.29) is 0 Å². The summed E-state index contributed by atoms with van der Waals surface area (Å²) < 4.78 is 0. The van der Waals surface area contributed by atoms with Gasteiger partial charge in [-0.3, -0.25) is 0 Å². The Balaban J connectivity index is 2.02. The summed E-state index contributed by atoms with van der Waals surface area (Å²) in [5.41, 5.74) is 2.81. The van der Waals surface area contributed by atoms with Crippen LogP contribution in [-0.2, 0) is 0 Å². The van der Waals surface area contributed by atoms with E-state index in [1.807, 2.05) is 0 Å². The second-order valence-electron chi connectivity index (χ2n) is 7.31. The fourth-order valence-electron chi connectivity index (χ4n) is 5.40. The molecule has 3 saturated carbocycles. The van der Waals surface area contributed by atoms with Crippen molar-refractivity contribution in [1.82, 2.24) is 0 Å². The first-order chi connectivity index (χ1) is 6.94. The van der Waals surface area contributed by atoms with Gasteiger partial charge in [-0.2, -0.15) is 0 Å². The Morgan fingerprint density at radius 1 is 1.20 bits per heavy atom. The number of rotatable bonds is 0. The molecule has 0 bridgehead atoms. The number of fused-ring (bicyclic) bond motifs is 3.